The fourth-order valence-electron chi connectivity index (χ4n) is 2.90. The molecule has 1 heteroatoms. The average molecular weight is 251 g/mol. The molecule has 0 aromatic heterocycles. The first kappa shape index (κ1) is 12.4. The molecule has 1 nitrogen and oxygen atoms in total. The van der Waals surface area contributed by atoms with Gasteiger partial charge in [-0.15, -0.1) is 0 Å². The fraction of sp³-hybridized carbons (Fsp3) is 0.333. The Morgan fingerprint density at radius 1 is 1.00 bits per heavy atom. The summed E-state index contributed by atoms with van der Waals surface area (Å²) in [6, 6.07) is 18.3. The number of benzene rings is 2. The summed E-state index contributed by atoms with van der Waals surface area (Å²) >= 11 is 0. The summed E-state index contributed by atoms with van der Waals surface area (Å²) in [7, 11) is 0. The van der Waals surface area contributed by atoms with Crippen molar-refractivity contribution in [1.29, 1.82) is 0 Å². The lowest BCUT2D eigenvalue weighted by atomic mass is 10.1. The third-order valence-corrected chi connectivity index (χ3v) is 4.12. The van der Waals surface area contributed by atoms with Crippen molar-refractivity contribution < 1.29 is 0 Å². The molecule has 0 saturated heterocycles. The molecule has 0 spiro atoms. The van der Waals surface area contributed by atoms with Crippen LogP contribution in [0.4, 0.5) is 0 Å². The maximum absolute atomic E-state index is 3.69. The van der Waals surface area contributed by atoms with Gasteiger partial charge in [0.15, 0.2) is 0 Å². The van der Waals surface area contributed by atoms with Crippen LogP contribution in [0.5, 0.6) is 0 Å². The molecule has 2 aromatic rings. The van der Waals surface area contributed by atoms with Crippen molar-refractivity contribution in [2.45, 2.75) is 38.8 Å². The molecular weight excluding hydrogens is 230 g/mol. The van der Waals surface area contributed by atoms with Crippen LogP contribution in [0.15, 0.2) is 48.5 Å². The Bertz CT molecular complexity index is 542. The van der Waals surface area contributed by atoms with E-state index in [0.29, 0.717) is 6.04 Å². The van der Waals surface area contributed by atoms with E-state index in [-0.39, 0.29) is 0 Å². The molecule has 1 aliphatic carbocycles. The minimum atomic E-state index is 0.530. The molecule has 0 aliphatic heterocycles. The number of rotatable bonds is 4. The second-order valence-electron chi connectivity index (χ2n) is 5.34. The summed E-state index contributed by atoms with van der Waals surface area (Å²) in [6.07, 6.45) is 3.55. The summed E-state index contributed by atoms with van der Waals surface area (Å²) in [6.45, 7) is 3.16. The van der Waals surface area contributed by atoms with Gasteiger partial charge in [0.2, 0.25) is 0 Å². The van der Waals surface area contributed by atoms with Crippen molar-refractivity contribution in [3.8, 4) is 0 Å². The summed E-state index contributed by atoms with van der Waals surface area (Å²) in [5.41, 5.74) is 5.80. The average Bonchev–Trinajstić information content (AvgIpc) is 2.89. The van der Waals surface area contributed by atoms with E-state index in [1.165, 1.54) is 35.1 Å². The molecule has 19 heavy (non-hydrogen) atoms. The highest BCUT2D eigenvalue weighted by Gasteiger charge is 2.20. The molecule has 1 N–H and O–H groups in total. The maximum atomic E-state index is 3.69. The first-order valence-corrected chi connectivity index (χ1v) is 7.26. The molecule has 3 rings (SSSR count). The Morgan fingerprint density at radius 3 is 2.53 bits per heavy atom. The molecule has 1 aliphatic rings. The first-order valence-electron chi connectivity index (χ1n) is 7.26. The summed E-state index contributed by atoms with van der Waals surface area (Å²) in [4.78, 5) is 0. The van der Waals surface area contributed by atoms with E-state index < -0.39 is 0 Å². The van der Waals surface area contributed by atoms with E-state index >= 15 is 0 Å². The number of hydrogen-bond donors (Lipinski definition) is 1. The number of aryl methyl sites for hydroxylation is 2. The zero-order chi connectivity index (χ0) is 13.1. The van der Waals surface area contributed by atoms with Crippen LogP contribution in [-0.2, 0) is 19.4 Å². The summed E-state index contributed by atoms with van der Waals surface area (Å²) < 4.78 is 0. The van der Waals surface area contributed by atoms with E-state index in [9.17, 15) is 0 Å². The highest BCUT2D eigenvalue weighted by atomic mass is 14.9. The number of hydrogen-bond acceptors (Lipinski definition) is 1. The highest BCUT2D eigenvalue weighted by Crippen LogP contribution is 2.30. The second-order valence-corrected chi connectivity index (χ2v) is 5.34. The molecule has 0 fully saturated rings. The van der Waals surface area contributed by atoms with Crippen LogP contribution in [0.3, 0.4) is 0 Å². The molecule has 1 unspecified atom stereocenters. The quantitative estimate of drug-likeness (QED) is 0.865. The van der Waals surface area contributed by atoms with Crippen molar-refractivity contribution in [1.82, 2.24) is 5.32 Å². The van der Waals surface area contributed by atoms with Gasteiger partial charge in [-0.25, -0.2) is 0 Å². The Balaban J connectivity index is 1.64. The van der Waals surface area contributed by atoms with Crippen molar-refractivity contribution in [2.24, 2.45) is 0 Å². The Labute approximate surface area is 115 Å². The van der Waals surface area contributed by atoms with E-state index in [0.717, 1.165) is 13.0 Å². The third kappa shape index (κ3) is 2.71. The monoisotopic (exact) mass is 251 g/mol. The largest absolute Gasteiger partial charge is 0.306 e. The van der Waals surface area contributed by atoms with Crippen LogP contribution in [0, 0.1) is 0 Å². The van der Waals surface area contributed by atoms with Crippen molar-refractivity contribution in [2.75, 3.05) is 0 Å². The van der Waals surface area contributed by atoms with E-state index in [1.54, 1.807) is 0 Å². The molecule has 0 heterocycles. The number of nitrogens with one attached hydrogen (secondary N) is 1. The van der Waals surface area contributed by atoms with Crippen LogP contribution >= 0.6 is 0 Å². The van der Waals surface area contributed by atoms with Crippen LogP contribution in [-0.4, -0.2) is 0 Å². The molecule has 0 bridgehead atoms. The van der Waals surface area contributed by atoms with Crippen LogP contribution in [0.1, 0.15) is 41.6 Å². The molecule has 0 radical (unpaired) electrons. The van der Waals surface area contributed by atoms with E-state index in [4.69, 9.17) is 0 Å². The van der Waals surface area contributed by atoms with Crippen molar-refractivity contribution >= 4 is 0 Å². The molecule has 2 aromatic carbocycles. The van der Waals surface area contributed by atoms with Gasteiger partial charge in [-0.05, 0) is 41.5 Å². The Kier molecular flexibility index (Phi) is 3.65. The molecule has 0 saturated carbocycles. The second kappa shape index (κ2) is 5.58. The van der Waals surface area contributed by atoms with Gasteiger partial charge in [-0.2, -0.15) is 0 Å². The minimum absolute atomic E-state index is 0.530. The SMILES string of the molecule is CCc1ccc(CNC2CCc3ccccc32)cc1. The van der Waals surface area contributed by atoms with Gasteiger partial charge in [-0.1, -0.05) is 55.5 Å². The van der Waals surface area contributed by atoms with Gasteiger partial charge >= 0.3 is 0 Å². The highest BCUT2D eigenvalue weighted by molar-refractivity contribution is 5.34. The Morgan fingerprint density at radius 2 is 1.74 bits per heavy atom. The standard InChI is InChI=1S/C18H21N/c1-2-14-7-9-15(10-8-14)13-19-18-12-11-16-5-3-4-6-17(16)18/h3-10,18-19H,2,11-13H2,1H3. The maximum Gasteiger partial charge on any atom is 0.0329 e. The van der Waals surface area contributed by atoms with Crippen molar-refractivity contribution in [3.05, 3.63) is 70.8 Å². The smallest absolute Gasteiger partial charge is 0.0329 e. The topological polar surface area (TPSA) is 12.0 Å². The molecular formula is C18H21N. The van der Waals surface area contributed by atoms with Gasteiger partial charge in [0, 0.05) is 12.6 Å². The molecule has 1 atom stereocenters. The van der Waals surface area contributed by atoms with Gasteiger partial charge < -0.3 is 5.32 Å². The minimum Gasteiger partial charge on any atom is -0.306 e. The lowest BCUT2D eigenvalue weighted by molar-refractivity contribution is 0.530. The van der Waals surface area contributed by atoms with Crippen LogP contribution in [0.25, 0.3) is 0 Å². The van der Waals surface area contributed by atoms with Crippen LogP contribution in [0.2, 0.25) is 0 Å². The zero-order valence-corrected chi connectivity index (χ0v) is 11.5. The van der Waals surface area contributed by atoms with E-state index in [1.807, 2.05) is 0 Å². The summed E-state index contributed by atoms with van der Waals surface area (Å²) in [5, 5.41) is 3.69. The fourth-order valence-corrected chi connectivity index (χ4v) is 2.90. The lowest BCUT2D eigenvalue weighted by Crippen LogP contribution is -2.18. The predicted octanol–water partition coefficient (Wildman–Crippen LogP) is 4.03. The van der Waals surface area contributed by atoms with Crippen molar-refractivity contribution in [3.63, 3.8) is 0 Å². The van der Waals surface area contributed by atoms with Crippen LogP contribution < -0.4 is 5.32 Å². The normalized spacial score (nSPS) is 17.4. The van der Waals surface area contributed by atoms with Gasteiger partial charge in [-0.3, -0.25) is 0 Å². The predicted molar refractivity (Wildman–Crippen MR) is 80.2 cm³/mol. The lowest BCUT2D eigenvalue weighted by Gasteiger charge is -2.14. The van der Waals surface area contributed by atoms with Gasteiger partial charge in [0.1, 0.15) is 0 Å². The van der Waals surface area contributed by atoms with E-state index in [2.05, 4.69) is 60.8 Å². The Hall–Kier alpha value is -1.60. The zero-order valence-electron chi connectivity index (χ0n) is 11.5. The first-order chi connectivity index (χ1) is 9.36. The molecule has 0 amide bonds. The van der Waals surface area contributed by atoms with Gasteiger partial charge in [0.05, 0.1) is 0 Å². The molecule has 98 valence electrons. The number of fused-ring (bicyclic) bond motifs is 1. The summed E-state index contributed by atoms with van der Waals surface area (Å²) in [5.74, 6) is 0. The third-order valence-electron chi connectivity index (χ3n) is 4.12. The van der Waals surface area contributed by atoms with Gasteiger partial charge in [0.25, 0.3) is 0 Å².